The van der Waals surface area contributed by atoms with E-state index in [1.54, 1.807) is 11.3 Å². The van der Waals surface area contributed by atoms with Crippen molar-refractivity contribution in [1.82, 2.24) is 5.32 Å². The summed E-state index contributed by atoms with van der Waals surface area (Å²) in [4.78, 5) is 2.00. The molecule has 0 aliphatic rings. The van der Waals surface area contributed by atoms with Crippen LogP contribution >= 0.6 is 27.3 Å². The van der Waals surface area contributed by atoms with Gasteiger partial charge in [0.15, 0.2) is 0 Å². The van der Waals surface area contributed by atoms with Crippen LogP contribution in [0, 0.1) is 11.6 Å². The molecule has 1 atom stereocenters. The van der Waals surface area contributed by atoms with Crippen molar-refractivity contribution >= 4 is 27.3 Å². The SMILES string of the molecule is CCCNC(CC)c1ccc(-c2cc(Br)c(F)cc2F)s1. The number of nitrogens with one attached hydrogen (secondary N) is 1. The lowest BCUT2D eigenvalue weighted by Crippen LogP contribution is -2.20. The van der Waals surface area contributed by atoms with Crippen molar-refractivity contribution in [2.45, 2.75) is 32.7 Å². The van der Waals surface area contributed by atoms with Gasteiger partial charge in [-0.05, 0) is 53.5 Å². The van der Waals surface area contributed by atoms with Gasteiger partial charge in [-0.1, -0.05) is 13.8 Å². The fourth-order valence-electron chi connectivity index (χ4n) is 2.16. The van der Waals surface area contributed by atoms with Gasteiger partial charge in [-0.25, -0.2) is 8.78 Å². The van der Waals surface area contributed by atoms with E-state index in [1.807, 2.05) is 12.1 Å². The van der Waals surface area contributed by atoms with Crippen LogP contribution in [0.1, 0.15) is 37.6 Å². The van der Waals surface area contributed by atoms with E-state index in [2.05, 4.69) is 35.1 Å². The standard InChI is InChI=1S/C16H18BrF2NS/c1-3-7-20-14(4-2)16-6-5-15(21-16)10-8-11(17)13(19)9-12(10)18/h5-6,8-9,14,20H,3-4,7H2,1-2H3. The van der Waals surface area contributed by atoms with E-state index in [-0.39, 0.29) is 10.5 Å². The van der Waals surface area contributed by atoms with Gasteiger partial charge < -0.3 is 5.32 Å². The van der Waals surface area contributed by atoms with Gasteiger partial charge in [0, 0.05) is 27.4 Å². The molecule has 114 valence electrons. The number of thiophene rings is 1. The molecule has 0 radical (unpaired) electrons. The molecular weight excluding hydrogens is 356 g/mol. The highest BCUT2D eigenvalue weighted by Crippen LogP contribution is 2.35. The van der Waals surface area contributed by atoms with E-state index in [4.69, 9.17) is 0 Å². The number of benzene rings is 1. The topological polar surface area (TPSA) is 12.0 Å². The smallest absolute Gasteiger partial charge is 0.140 e. The maximum Gasteiger partial charge on any atom is 0.140 e. The Morgan fingerprint density at radius 1 is 1.19 bits per heavy atom. The molecule has 0 amide bonds. The highest BCUT2D eigenvalue weighted by Gasteiger charge is 2.15. The Morgan fingerprint density at radius 2 is 1.95 bits per heavy atom. The lowest BCUT2D eigenvalue weighted by Gasteiger charge is -2.14. The molecule has 2 rings (SSSR count). The van der Waals surface area contributed by atoms with E-state index in [1.165, 1.54) is 10.9 Å². The number of hydrogen-bond acceptors (Lipinski definition) is 2. The van der Waals surface area contributed by atoms with Crippen LogP contribution in [-0.2, 0) is 0 Å². The zero-order chi connectivity index (χ0) is 15.4. The molecule has 2 aromatic rings. The Hall–Kier alpha value is -0.780. The van der Waals surface area contributed by atoms with Crippen molar-refractivity contribution in [2.75, 3.05) is 6.54 Å². The molecule has 1 unspecified atom stereocenters. The lowest BCUT2D eigenvalue weighted by molar-refractivity contribution is 0.525. The van der Waals surface area contributed by atoms with Gasteiger partial charge in [0.25, 0.3) is 0 Å². The minimum absolute atomic E-state index is 0.282. The summed E-state index contributed by atoms with van der Waals surface area (Å²) >= 11 is 4.66. The summed E-state index contributed by atoms with van der Waals surface area (Å²) in [6.45, 7) is 5.22. The van der Waals surface area contributed by atoms with Gasteiger partial charge in [0.1, 0.15) is 11.6 Å². The molecule has 1 aromatic carbocycles. The molecular formula is C16H18BrF2NS. The second-order valence-corrected chi connectivity index (χ2v) is 6.83. The maximum absolute atomic E-state index is 13.9. The summed E-state index contributed by atoms with van der Waals surface area (Å²) in [5, 5.41) is 3.48. The predicted octanol–water partition coefficient (Wildman–Crippen LogP) is 5.91. The molecule has 1 aromatic heterocycles. The number of rotatable bonds is 6. The monoisotopic (exact) mass is 373 g/mol. The van der Waals surface area contributed by atoms with Crippen molar-refractivity contribution in [3.63, 3.8) is 0 Å². The largest absolute Gasteiger partial charge is 0.309 e. The second kappa shape index (κ2) is 7.47. The summed E-state index contributed by atoms with van der Waals surface area (Å²) in [5.41, 5.74) is 0.435. The zero-order valence-electron chi connectivity index (χ0n) is 12.1. The summed E-state index contributed by atoms with van der Waals surface area (Å²) in [5.74, 6) is -1.11. The molecule has 0 aliphatic heterocycles. The molecule has 1 N–H and O–H groups in total. The first-order valence-corrected chi connectivity index (χ1v) is 8.65. The molecule has 0 fully saturated rings. The van der Waals surface area contributed by atoms with Gasteiger partial charge >= 0.3 is 0 Å². The lowest BCUT2D eigenvalue weighted by atomic mass is 10.1. The van der Waals surface area contributed by atoms with E-state index >= 15 is 0 Å². The van der Waals surface area contributed by atoms with Gasteiger partial charge in [0.2, 0.25) is 0 Å². The molecule has 5 heteroatoms. The first-order chi connectivity index (χ1) is 10.1. The van der Waals surface area contributed by atoms with Crippen LogP contribution in [-0.4, -0.2) is 6.54 Å². The Morgan fingerprint density at radius 3 is 2.62 bits per heavy atom. The summed E-state index contributed by atoms with van der Waals surface area (Å²) in [6, 6.07) is 6.63. The van der Waals surface area contributed by atoms with Gasteiger partial charge in [-0.3, -0.25) is 0 Å². The predicted molar refractivity (Wildman–Crippen MR) is 88.7 cm³/mol. The van der Waals surface area contributed by atoms with Crippen molar-refractivity contribution in [2.24, 2.45) is 0 Å². The fourth-order valence-corrected chi connectivity index (χ4v) is 3.69. The maximum atomic E-state index is 13.9. The normalized spacial score (nSPS) is 12.6. The van der Waals surface area contributed by atoms with E-state index in [9.17, 15) is 8.78 Å². The minimum atomic E-state index is -0.580. The van der Waals surface area contributed by atoms with Crippen LogP contribution in [0.3, 0.4) is 0 Å². The van der Waals surface area contributed by atoms with Gasteiger partial charge in [-0.2, -0.15) is 0 Å². The molecule has 0 aliphatic carbocycles. The summed E-state index contributed by atoms with van der Waals surface area (Å²) in [6.07, 6.45) is 2.06. The highest BCUT2D eigenvalue weighted by molar-refractivity contribution is 9.10. The van der Waals surface area contributed by atoms with Crippen LogP contribution in [0.25, 0.3) is 10.4 Å². The van der Waals surface area contributed by atoms with Gasteiger partial charge in [0.05, 0.1) is 4.47 Å². The van der Waals surface area contributed by atoms with Crippen LogP contribution in [0.2, 0.25) is 0 Å². The first-order valence-electron chi connectivity index (χ1n) is 7.04. The Bertz CT molecular complexity index is 612. The van der Waals surface area contributed by atoms with Crippen LogP contribution in [0.15, 0.2) is 28.7 Å². The fraction of sp³-hybridized carbons (Fsp3) is 0.375. The van der Waals surface area contributed by atoms with Crippen molar-refractivity contribution in [3.05, 3.63) is 45.2 Å². The Labute approximate surface area is 136 Å². The summed E-state index contributed by atoms with van der Waals surface area (Å²) in [7, 11) is 0. The zero-order valence-corrected chi connectivity index (χ0v) is 14.5. The third-order valence-corrected chi connectivity index (χ3v) is 5.13. The molecule has 0 saturated carbocycles. The van der Waals surface area contributed by atoms with E-state index in [0.717, 1.165) is 30.3 Å². The molecule has 1 nitrogen and oxygen atoms in total. The minimum Gasteiger partial charge on any atom is -0.309 e. The third-order valence-electron chi connectivity index (χ3n) is 3.29. The summed E-state index contributed by atoms with van der Waals surface area (Å²) < 4.78 is 27.5. The quantitative estimate of drug-likeness (QED) is 0.620. The van der Waals surface area contributed by atoms with Crippen LogP contribution in [0.4, 0.5) is 8.78 Å². The Balaban J connectivity index is 2.29. The van der Waals surface area contributed by atoms with Crippen molar-refractivity contribution in [1.29, 1.82) is 0 Å². The average Bonchev–Trinajstić information content (AvgIpc) is 2.93. The first kappa shape index (κ1) is 16.6. The second-order valence-electron chi connectivity index (χ2n) is 4.86. The van der Waals surface area contributed by atoms with Crippen LogP contribution < -0.4 is 5.32 Å². The molecule has 1 heterocycles. The van der Waals surface area contributed by atoms with E-state index < -0.39 is 11.6 Å². The third kappa shape index (κ3) is 3.90. The molecule has 0 spiro atoms. The molecule has 0 bridgehead atoms. The van der Waals surface area contributed by atoms with Gasteiger partial charge in [-0.15, -0.1) is 11.3 Å². The number of halogens is 3. The number of hydrogen-bond donors (Lipinski definition) is 1. The van der Waals surface area contributed by atoms with E-state index in [0.29, 0.717) is 5.56 Å². The van der Waals surface area contributed by atoms with Crippen molar-refractivity contribution < 1.29 is 8.78 Å². The molecule has 21 heavy (non-hydrogen) atoms. The highest BCUT2D eigenvalue weighted by atomic mass is 79.9. The Kier molecular flexibility index (Phi) is 5.90. The molecule has 0 saturated heterocycles. The van der Waals surface area contributed by atoms with Crippen LogP contribution in [0.5, 0.6) is 0 Å². The van der Waals surface area contributed by atoms with Crippen molar-refractivity contribution in [3.8, 4) is 10.4 Å². The average molecular weight is 374 g/mol.